The molecule has 0 aromatic heterocycles. The summed E-state index contributed by atoms with van der Waals surface area (Å²) < 4.78 is 0. The lowest BCUT2D eigenvalue weighted by molar-refractivity contribution is -0.123. The van der Waals surface area contributed by atoms with Crippen LogP contribution < -0.4 is 21.7 Å². The minimum absolute atomic E-state index is 0.0363. The van der Waals surface area contributed by atoms with Gasteiger partial charge in [-0.1, -0.05) is 6.42 Å². The minimum Gasteiger partial charge on any atom is -0.349 e. The molecular formula is C16H28N4O2S. The summed E-state index contributed by atoms with van der Waals surface area (Å²) in [6.45, 7) is 2.57. The molecule has 1 aliphatic carbocycles. The van der Waals surface area contributed by atoms with Gasteiger partial charge in [-0.05, 0) is 38.5 Å². The van der Waals surface area contributed by atoms with Crippen molar-refractivity contribution in [2.75, 3.05) is 12.3 Å². The van der Waals surface area contributed by atoms with Crippen LogP contribution in [0.25, 0.3) is 0 Å². The van der Waals surface area contributed by atoms with Crippen molar-refractivity contribution in [3.8, 4) is 0 Å². The molecule has 3 aliphatic rings. The average Bonchev–Trinajstić information content (AvgIpc) is 3.22. The fourth-order valence-corrected chi connectivity index (χ4v) is 5.24. The molecule has 0 aromatic carbocycles. The second kappa shape index (κ2) is 6.89. The molecule has 130 valence electrons. The first kappa shape index (κ1) is 16.9. The van der Waals surface area contributed by atoms with E-state index < -0.39 is 0 Å². The van der Waals surface area contributed by atoms with Crippen LogP contribution in [0.5, 0.6) is 0 Å². The largest absolute Gasteiger partial charge is 0.349 e. The molecule has 3 rings (SSSR count). The van der Waals surface area contributed by atoms with E-state index in [1.54, 1.807) is 0 Å². The van der Waals surface area contributed by atoms with Gasteiger partial charge >= 0.3 is 6.03 Å². The van der Waals surface area contributed by atoms with E-state index in [2.05, 4.69) is 22.9 Å². The molecular weight excluding hydrogens is 312 g/mol. The highest BCUT2D eigenvalue weighted by Crippen LogP contribution is 2.39. The third kappa shape index (κ3) is 3.94. The summed E-state index contributed by atoms with van der Waals surface area (Å²) in [5.74, 6) is 1.67. The molecule has 1 saturated carbocycles. The molecule has 0 radical (unpaired) electrons. The van der Waals surface area contributed by atoms with Crippen LogP contribution in [-0.4, -0.2) is 47.1 Å². The number of hydrogen-bond acceptors (Lipinski definition) is 4. The van der Waals surface area contributed by atoms with Crippen LogP contribution in [0.1, 0.15) is 45.4 Å². The number of thioether (sulfide) groups is 1. The normalized spacial score (nSPS) is 31.9. The van der Waals surface area contributed by atoms with E-state index >= 15 is 0 Å². The van der Waals surface area contributed by atoms with E-state index in [0.29, 0.717) is 24.1 Å². The topological polar surface area (TPSA) is 96.2 Å². The maximum absolute atomic E-state index is 12.1. The van der Waals surface area contributed by atoms with Gasteiger partial charge in [-0.25, -0.2) is 4.79 Å². The van der Waals surface area contributed by atoms with Gasteiger partial charge in [-0.15, -0.1) is 0 Å². The fourth-order valence-electron chi connectivity index (χ4n) is 3.70. The van der Waals surface area contributed by atoms with Crippen LogP contribution >= 0.6 is 11.8 Å². The fraction of sp³-hybridized carbons (Fsp3) is 0.875. The molecule has 2 heterocycles. The summed E-state index contributed by atoms with van der Waals surface area (Å²) in [6.07, 6.45) is 5.89. The van der Waals surface area contributed by atoms with Gasteiger partial charge in [0, 0.05) is 24.0 Å². The Labute approximate surface area is 142 Å². The second-order valence-corrected chi connectivity index (χ2v) is 8.58. The Morgan fingerprint density at radius 1 is 1.39 bits per heavy atom. The molecule has 23 heavy (non-hydrogen) atoms. The van der Waals surface area contributed by atoms with Gasteiger partial charge in [0.2, 0.25) is 5.91 Å². The standard InChI is InChI=1S/C16H28N4O2S/c1-16(9-17,10-6-7-10)20-13(21)5-3-2-4-12-14-11(8-23-12)18-15(22)19-14/h10-12,14H,2-9,17H2,1H3,(H,20,21)(H2,18,19,22)/t11-,12-,14-,16?/m0/s1. The Kier molecular flexibility index (Phi) is 5.06. The minimum atomic E-state index is -0.217. The number of urea groups is 1. The zero-order valence-corrected chi connectivity index (χ0v) is 14.6. The van der Waals surface area contributed by atoms with Crippen molar-refractivity contribution in [3.05, 3.63) is 0 Å². The van der Waals surface area contributed by atoms with Gasteiger partial charge in [0.15, 0.2) is 0 Å². The predicted octanol–water partition coefficient (Wildman–Crippen LogP) is 0.956. The molecule has 0 aromatic rings. The van der Waals surface area contributed by atoms with Crippen molar-refractivity contribution in [3.63, 3.8) is 0 Å². The third-order valence-electron chi connectivity index (χ3n) is 5.41. The summed E-state index contributed by atoms with van der Waals surface area (Å²) in [4.78, 5) is 23.5. The van der Waals surface area contributed by atoms with E-state index in [-0.39, 0.29) is 29.6 Å². The smallest absolute Gasteiger partial charge is 0.315 e. The number of carbonyl (C=O) groups excluding carboxylic acids is 2. The SMILES string of the molecule is CC(CN)(NC(=O)CCCC[C@@H]1SC[C@@H]2NC(=O)N[C@@H]21)C1CC1. The van der Waals surface area contributed by atoms with Gasteiger partial charge < -0.3 is 21.7 Å². The van der Waals surface area contributed by atoms with Gasteiger partial charge in [0.25, 0.3) is 0 Å². The van der Waals surface area contributed by atoms with Crippen LogP contribution in [-0.2, 0) is 4.79 Å². The Bertz CT molecular complexity index is 471. The number of nitrogens with two attached hydrogens (primary N) is 1. The average molecular weight is 340 g/mol. The zero-order chi connectivity index (χ0) is 16.4. The van der Waals surface area contributed by atoms with Crippen LogP contribution in [0.2, 0.25) is 0 Å². The number of hydrogen-bond donors (Lipinski definition) is 4. The van der Waals surface area contributed by atoms with Gasteiger partial charge in [-0.3, -0.25) is 4.79 Å². The Balaban J connectivity index is 1.34. The van der Waals surface area contributed by atoms with E-state index in [4.69, 9.17) is 5.73 Å². The van der Waals surface area contributed by atoms with E-state index in [1.165, 1.54) is 12.8 Å². The summed E-state index contributed by atoms with van der Waals surface area (Å²) in [6, 6.07) is 0.507. The number of carbonyl (C=O) groups is 2. The summed E-state index contributed by atoms with van der Waals surface area (Å²) in [5.41, 5.74) is 5.62. The first-order chi connectivity index (χ1) is 11.0. The highest BCUT2D eigenvalue weighted by Gasteiger charge is 2.43. The summed E-state index contributed by atoms with van der Waals surface area (Å²) in [7, 11) is 0. The molecule has 0 bridgehead atoms. The van der Waals surface area contributed by atoms with Crippen LogP contribution in [0.3, 0.4) is 0 Å². The first-order valence-corrected chi connectivity index (χ1v) is 9.76. The Morgan fingerprint density at radius 2 is 2.17 bits per heavy atom. The van der Waals surface area contributed by atoms with Crippen LogP contribution in [0.15, 0.2) is 0 Å². The van der Waals surface area contributed by atoms with Crippen molar-refractivity contribution < 1.29 is 9.59 Å². The molecule has 6 nitrogen and oxygen atoms in total. The maximum atomic E-state index is 12.1. The second-order valence-electron chi connectivity index (χ2n) is 7.31. The number of fused-ring (bicyclic) bond motifs is 1. The number of nitrogens with one attached hydrogen (secondary N) is 3. The Hall–Kier alpha value is -0.950. The zero-order valence-electron chi connectivity index (χ0n) is 13.8. The lowest BCUT2D eigenvalue weighted by Gasteiger charge is -2.29. The molecule has 2 aliphatic heterocycles. The Morgan fingerprint density at radius 3 is 2.87 bits per heavy atom. The van der Waals surface area contributed by atoms with E-state index in [0.717, 1.165) is 25.0 Å². The van der Waals surface area contributed by atoms with Gasteiger partial charge in [0.1, 0.15) is 0 Å². The molecule has 7 heteroatoms. The highest BCUT2D eigenvalue weighted by atomic mass is 32.2. The number of unbranched alkanes of at least 4 members (excludes halogenated alkanes) is 1. The lowest BCUT2D eigenvalue weighted by Crippen LogP contribution is -2.53. The molecule has 3 fully saturated rings. The van der Waals surface area contributed by atoms with Crippen molar-refractivity contribution >= 4 is 23.7 Å². The van der Waals surface area contributed by atoms with Crippen molar-refractivity contribution in [1.29, 1.82) is 0 Å². The first-order valence-electron chi connectivity index (χ1n) is 8.71. The number of amides is 3. The molecule has 3 amide bonds. The van der Waals surface area contributed by atoms with Crippen molar-refractivity contribution in [2.24, 2.45) is 11.7 Å². The number of rotatable bonds is 8. The van der Waals surface area contributed by atoms with Gasteiger partial charge in [0.05, 0.1) is 17.6 Å². The quantitative estimate of drug-likeness (QED) is 0.391. The summed E-state index contributed by atoms with van der Waals surface area (Å²) >= 11 is 1.93. The highest BCUT2D eigenvalue weighted by molar-refractivity contribution is 8.00. The molecule has 5 N–H and O–H groups in total. The third-order valence-corrected chi connectivity index (χ3v) is 6.92. The van der Waals surface area contributed by atoms with E-state index in [9.17, 15) is 9.59 Å². The van der Waals surface area contributed by atoms with E-state index in [1.807, 2.05) is 11.8 Å². The van der Waals surface area contributed by atoms with Crippen LogP contribution in [0.4, 0.5) is 4.79 Å². The van der Waals surface area contributed by atoms with Gasteiger partial charge in [-0.2, -0.15) is 11.8 Å². The monoisotopic (exact) mass is 340 g/mol. The lowest BCUT2D eigenvalue weighted by atomic mass is 9.95. The molecule has 1 unspecified atom stereocenters. The van der Waals surface area contributed by atoms with Crippen LogP contribution in [0, 0.1) is 5.92 Å². The van der Waals surface area contributed by atoms with Crippen molar-refractivity contribution in [2.45, 2.75) is 68.3 Å². The molecule has 2 saturated heterocycles. The predicted molar refractivity (Wildman–Crippen MR) is 92.3 cm³/mol. The molecule has 4 atom stereocenters. The van der Waals surface area contributed by atoms with Crippen molar-refractivity contribution in [1.82, 2.24) is 16.0 Å². The summed E-state index contributed by atoms with van der Waals surface area (Å²) in [5, 5.41) is 9.58. The maximum Gasteiger partial charge on any atom is 0.315 e. The molecule has 0 spiro atoms.